The van der Waals surface area contributed by atoms with E-state index in [9.17, 15) is 18.0 Å². The number of hydrogen-bond acceptors (Lipinski definition) is 4. The van der Waals surface area contributed by atoms with Crippen molar-refractivity contribution in [3.8, 4) is 0 Å². The smallest absolute Gasteiger partial charge is 0.430 e. The SMILES string of the molecule is C.CC[NH+]1N=C(Cc2ccccc2)C=C1C1CC[NH+](CC[C@H](NC(=O)NC2CCCCC2)c2ccccc2)CC1.O=C([O-])C(F)(F)F. The third-order valence-electron chi connectivity index (χ3n) is 9.10. The van der Waals surface area contributed by atoms with Gasteiger partial charge in [-0.3, -0.25) is 0 Å². The minimum absolute atomic E-state index is 0. The predicted molar refractivity (Wildman–Crippen MR) is 176 cm³/mol. The van der Waals surface area contributed by atoms with Gasteiger partial charge in [0.05, 0.1) is 25.7 Å². The van der Waals surface area contributed by atoms with Gasteiger partial charge >= 0.3 is 12.2 Å². The number of nitrogens with one attached hydrogen (secondary N) is 4. The predicted octanol–water partition coefficient (Wildman–Crippen LogP) is 3.38. The molecule has 3 aliphatic rings. The van der Waals surface area contributed by atoms with Crippen molar-refractivity contribution in [1.82, 2.24) is 10.6 Å². The molecule has 5 rings (SSSR count). The van der Waals surface area contributed by atoms with Crippen LogP contribution in [0.1, 0.15) is 82.9 Å². The molecular weight excluding hydrogens is 607 g/mol. The number of urea groups is 1. The Kier molecular flexibility index (Phi) is 14.9. The highest BCUT2D eigenvalue weighted by molar-refractivity contribution is 5.97. The average molecular weight is 659 g/mol. The molecule has 0 radical (unpaired) electrons. The van der Waals surface area contributed by atoms with Crippen molar-refractivity contribution in [2.45, 2.75) is 90.4 Å². The first-order valence-electron chi connectivity index (χ1n) is 16.5. The van der Waals surface area contributed by atoms with E-state index in [4.69, 9.17) is 15.0 Å². The van der Waals surface area contributed by atoms with Crippen LogP contribution in [-0.4, -0.2) is 56.1 Å². The lowest BCUT2D eigenvalue weighted by atomic mass is 9.91. The molecule has 2 aliphatic heterocycles. The zero-order chi connectivity index (χ0) is 32.9. The van der Waals surface area contributed by atoms with Crippen LogP contribution < -0.4 is 25.6 Å². The fourth-order valence-electron chi connectivity index (χ4n) is 6.64. The lowest BCUT2D eigenvalue weighted by Crippen LogP contribution is -3.13. The Bertz CT molecular complexity index is 1310. The molecule has 1 unspecified atom stereocenters. The van der Waals surface area contributed by atoms with Crippen molar-refractivity contribution in [2.75, 3.05) is 26.2 Å². The third-order valence-corrected chi connectivity index (χ3v) is 9.10. The Balaban J connectivity index is 0.000000677. The van der Waals surface area contributed by atoms with E-state index in [1.807, 2.05) is 6.07 Å². The molecule has 258 valence electrons. The molecule has 11 heteroatoms. The van der Waals surface area contributed by atoms with Gasteiger partial charge in [0.25, 0.3) is 0 Å². The Morgan fingerprint density at radius 1 is 0.957 bits per heavy atom. The number of quaternary nitrogens is 2. The van der Waals surface area contributed by atoms with Crippen LogP contribution in [0, 0.1) is 5.92 Å². The summed E-state index contributed by atoms with van der Waals surface area (Å²) in [4.78, 5) is 23.3. The molecule has 2 aromatic rings. The number of carbonyl (C=O) groups is 2. The van der Waals surface area contributed by atoms with E-state index in [-0.39, 0.29) is 19.5 Å². The molecule has 2 fully saturated rings. The number of likely N-dealkylation sites (tertiary alicyclic amines) is 1. The number of carbonyl (C=O) groups excluding carboxylic acids is 2. The van der Waals surface area contributed by atoms with Gasteiger partial charge in [-0.1, -0.05) is 92.5 Å². The Hall–Kier alpha value is -3.70. The highest BCUT2D eigenvalue weighted by Gasteiger charge is 2.34. The van der Waals surface area contributed by atoms with Crippen LogP contribution in [0.15, 0.2) is 77.5 Å². The molecule has 0 aromatic heterocycles. The highest BCUT2D eigenvalue weighted by Crippen LogP contribution is 2.21. The summed E-state index contributed by atoms with van der Waals surface area (Å²) in [7, 11) is 0. The lowest BCUT2D eigenvalue weighted by molar-refractivity contribution is -0.910. The second kappa shape index (κ2) is 18.6. The first kappa shape index (κ1) is 37.8. The zero-order valence-corrected chi connectivity index (χ0v) is 26.6. The summed E-state index contributed by atoms with van der Waals surface area (Å²) in [6.45, 7) is 6.69. The number of benzene rings is 2. The number of alkyl halides is 3. The molecule has 47 heavy (non-hydrogen) atoms. The van der Waals surface area contributed by atoms with Crippen LogP contribution in [0.2, 0.25) is 0 Å². The summed E-state index contributed by atoms with van der Waals surface area (Å²) >= 11 is 0. The number of nitrogens with zero attached hydrogens (tertiary/aromatic N) is 1. The maximum atomic E-state index is 12.9. The second-order valence-corrected chi connectivity index (χ2v) is 12.4. The molecule has 1 saturated carbocycles. The molecule has 2 heterocycles. The Labute approximate surface area is 277 Å². The molecule has 2 aromatic carbocycles. The number of aliphatic carboxylic acids is 1. The first-order chi connectivity index (χ1) is 22.1. The van der Waals surface area contributed by atoms with E-state index >= 15 is 0 Å². The topological polar surface area (TPSA) is 102 Å². The van der Waals surface area contributed by atoms with Crippen LogP contribution >= 0.6 is 0 Å². The molecule has 2 atom stereocenters. The van der Waals surface area contributed by atoms with Gasteiger partial charge in [-0.15, -0.1) is 0 Å². The number of piperidine rings is 1. The summed E-state index contributed by atoms with van der Waals surface area (Å²) in [5.74, 6) is -2.39. The number of halogens is 3. The van der Waals surface area contributed by atoms with Crippen LogP contribution in [0.3, 0.4) is 0 Å². The van der Waals surface area contributed by atoms with Crippen molar-refractivity contribution >= 4 is 17.7 Å². The maximum absolute atomic E-state index is 12.9. The van der Waals surface area contributed by atoms with Gasteiger partial charge in [0.2, 0.25) is 0 Å². The standard InChI is InChI=1S/C33H45N5O.C2HF3O2.CH4/c1-2-38-32(25-30(36-38)24-26-12-6-3-7-13-26)28-18-21-37(22-19-28)23-20-31(27-14-8-4-9-15-27)35-33(39)34-29-16-10-5-11-17-29;3-2(4,5)1(6)7;/h3-4,6-9,12-15,25,28-29,31H,2,5,10-11,16-24H2,1H3,(H2,34,35,39);(H,6,7);1H4/p+1/t31-;;/m0../s1. The van der Waals surface area contributed by atoms with E-state index in [2.05, 4.69) is 78.2 Å². The Morgan fingerprint density at radius 2 is 1.55 bits per heavy atom. The lowest BCUT2D eigenvalue weighted by Gasteiger charge is -2.31. The van der Waals surface area contributed by atoms with Crippen molar-refractivity contribution in [1.29, 1.82) is 0 Å². The van der Waals surface area contributed by atoms with Crippen molar-refractivity contribution in [2.24, 2.45) is 11.0 Å². The van der Waals surface area contributed by atoms with Crippen molar-refractivity contribution in [3.63, 3.8) is 0 Å². The number of hydrogen-bond donors (Lipinski definition) is 4. The fraction of sp³-hybridized carbons (Fsp3) is 0.528. The molecular formula is C36H51F3N5O3+. The molecule has 0 spiro atoms. The van der Waals surface area contributed by atoms with Gasteiger partial charge in [-0.05, 0) is 30.9 Å². The summed E-state index contributed by atoms with van der Waals surface area (Å²) in [5.41, 5.74) is 5.24. The quantitative estimate of drug-likeness (QED) is 0.315. The minimum Gasteiger partial charge on any atom is -0.542 e. The minimum atomic E-state index is -5.19. The fourth-order valence-corrected chi connectivity index (χ4v) is 6.64. The van der Waals surface area contributed by atoms with E-state index in [0.717, 1.165) is 38.8 Å². The third kappa shape index (κ3) is 12.1. The monoisotopic (exact) mass is 658 g/mol. The first-order valence-corrected chi connectivity index (χ1v) is 16.5. The van der Waals surface area contributed by atoms with E-state index in [1.54, 1.807) is 4.90 Å². The molecule has 2 amide bonds. The van der Waals surface area contributed by atoms with Gasteiger partial charge in [-0.25, -0.2) is 4.79 Å². The van der Waals surface area contributed by atoms with Crippen LogP contribution in [-0.2, 0) is 11.2 Å². The molecule has 4 N–H and O–H groups in total. The highest BCUT2D eigenvalue weighted by atomic mass is 19.4. The van der Waals surface area contributed by atoms with Crippen LogP contribution in [0.5, 0.6) is 0 Å². The summed E-state index contributed by atoms with van der Waals surface area (Å²) in [6, 6.07) is 21.5. The molecule has 0 bridgehead atoms. The van der Waals surface area contributed by atoms with Crippen LogP contribution in [0.4, 0.5) is 18.0 Å². The average Bonchev–Trinajstić information content (AvgIpc) is 3.47. The summed E-state index contributed by atoms with van der Waals surface area (Å²) in [5, 5.41) is 21.7. The summed E-state index contributed by atoms with van der Waals surface area (Å²) < 4.78 is 31.5. The van der Waals surface area contributed by atoms with Gasteiger partial charge in [0.1, 0.15) is 23.9 Å². The number of carboxylic acids is 1. The van der Waals surface area contributed by atoms with Gasteiger partial charge < -0.3 is 25.4 Å². The normalized spacial score (nSPS) is 22.0. The van der Waals surface area contributed by atoms with E-state index < -0.39 is 12.1 Å². The number of carboxylic acid groups (broad SMARTS) is 1. The Morgan fingerprint density at radius 3 is 2.13 bits per heavy atom. The second-order valence-electron chi connectivity index (χ2n) is 12.4. The van der Waals surface area contributed by atoms with Crippen LogP contribution in [0.25, 0.3) is 0 Å². The zero-order valence-electron chi connectivity index (χ0n) is 26.6. The number of allylic oxidation sites excluding steroid dienone is 2. The van der Waals surface area contributed by atoms with Crippen molar-refractivity contribution < 1.29 is 37.8 Å². The number of amides is 2. The van der Waals surface area contributed by atoms with Gasteiger partial charge in [-0.2, -0.15) is 18.2 Å². The maximum Gasteiger partial charge on any atom is 0.430 e. The number of rotatable bonds is 10. The largest absolute Gasteiger partial charge is 0.542 e. The van der Waals surface area contributed by atoms with Gasteiger partial charge in [0, 0.05) is 43.7 Å². The van der Waals surface area contributed by atoms with E-state index in [0.29, 0.717) is 12.0 Å². The molecule has 8 nitrogen and oxygen atoms in total. The summed E-state index contributed by atoms with van der Waals surface area (Å²) in [6.07, 6.45) is 7.45. The van der Waals surface area contributed by atoms with Crippen molar-refractivity contribution in [3.05, 3.63) is 83.6 Å². The van der Waals surface area contributed by atoms with Gasteiger partial charge in [0.15, 0.2) is 0 Å². The van der Waals surface area contributed by atoms with E-state index in [1.165, 1.54) is 72.7 Å². The molecule has 1 aliphatic carbocycles. The molecule has 1 saturated heterocycles.